The number of rotatable bonds is 51. The zero-order valence-electron chi connectivity index (χ0n) is 41.9. The largest absolute Gasteiger partial charge is 0.462 e. The molecule has 6 heteroatoms. The number of ether oxygens (including phenoxy) is 3. The second-order valence-electron chi connectivity index (χ2n) is 18.9. The summed E-state index contributed by atoms with van der Waals surface area (Å²) in [6.45, 7) is 6.61. The number of hydrogen-bond donors (Lipinski definition) is 0. The molecule has 0 aliphatic carbocycles. The van der Waals surface area contributed by atoms with E-state index in [1.165, 1.54) is 199 Å². The summed E-state index contributed by atoms with van der Waals surface area (Å²) in [5, 5.41) is 0. The van der Waals surface area contributed by atoms with Crippen molar-refractivity contribution in [2.45, 2.75) is 316 Å². The van der Waals surface area contributed by atoms with Crippen molar-refractivity contribution in [3.8, 4) is 0 Å². The average Bonchev–Trinajstić information content (AvgIpc) is 3.27. The summed E-state index contributed by atoms with van der Waals surface area (Å²) in [7, 11) is 0. The molecule has 1 unspecified atom stereocenters. The van der Waals surface area contributed by atoms with Crippen LogP contribution >= 0.6 is 0 Å². The molecule has 0 fully saturated rings. The molecule has 0 saturated carbocycles. The molecule has 0 aliphatic rings. The molecule has 0 saturated heterocycles. The van der Waals surface area contributed by atoms with E-state index in [-0.39, 0.29) is 31.1 Å². The van der Waals surface area contributed by atoms with Gasteiger partial charge in [-0.2, -0.15) is 0 Å². The molecule has 0 heterocycles. The van der Waals surface area contributed by atoms with E-state index < -0.39 is 6.10 Å². The summed E-state index contributed by atoms with van der Waals surface area (Å²) in [5.74, 6) is -0.860. The Hall–Kier alpha value is -1.85. The Labute approximate surface area is 386 Å². The van der Waals surface area contributed by atoms with Gasteiger partial charge in [0.25, 0.3) is 0 Å². The Bertz CT molecular complexity index is 962. The maximum absolute atomic E-state index is 12.8. The predicted octanol–water partition coefficient (Wildman–Crippen LogP) is 18.2. The van der Waals surface area contributed by atoms with Gasteiger partial charge in [0.15, 0.2) is 6.10 Å². The molecule has 0 amide bonds. The van der Waals surface area contributed by atoms with Crippen molar-refractivity contribution in [3.63, 3.8) is 0 Å². The molecule has 0 aromatic carbocycles. The van der Waals surface area contributed by atoms with Crippen molar-refractivity contribution < 1.29 is 28.6 Å². The van der Waals surface area contributed by atoms with E-state index in [1.807, 2.05) is 0 Å². The van der Waals surface area contributed by atoms with Gasteiger partial charge in [-0.25, -0.2) is 0 Å². The van der Waals surface area contributed by atoms with E-state index in [2.05, 4.69) is 32.9 Å². The van der Waals surface area contributed by atoms with Crippen molar-refractivity contribution in [2.75, 3.05) is 13.2 Å². The van der Waals surface area contributed by atoms with Crippen LogP contribution in [0.3, 0.4) is 0 Å². The highest BCUT2D eigenvalue weighted by atomic mass is 16.6. The van der Waals surface area contributed by atoms with Crippen LogP contribution in [-0.4, -0.2) is 37.2 Å². The molecule has 0 radical (unpaired) electrons. The lowest BCUT2D eigenvalue weighted by Crippen LogP contribution is -2.30. The lowest BCUT2D eigenvalue weighted by Gasteiger charge is -2.18. The smallest absolute Gasteiger partial charge is 0.306 e. The molecule has 0 rings (SSSR count). The predicted molar refractivity (Wildman–Crippen MR) is 266 cm³/mol. The van der Waals surface area contributed by atoms with Crippen LogP contribution in [0.5, 0.6) is 0 Å². The Morgan fingerprint density at radius 3 is 0.871 bits per heavy atom. The molecule has 0 aromatic heterocycles. The third-order valence-corrected chi connectivity index (χ3v) is 12.5. The first-order valence-electron chi connectivity index (χ1n) is 27.7. The minimum atomic E-state index is -0.766. The van der Waals surface area contributed by atoms with Gasteiger partial charge in [-0.1, -0.05) is 264 Å². The molecule has 0 aromatic rings. The zero-order chi connectivity index (χ0) is 45.1. The number of carbonyl (C=O) groups is 3. The fourth-order valence-corrected chi connectivity index (χ4v) is 8.33. The fourth-order valence-electron chi connectivity index (χ4n) is 8.33. The minimum Gasteiger partial charge on any atom is -0.462 e. The van der Waals surface area contributed by atoms with Crippen LogP contribution in [0, 0.1) is 0 Å². The Morgan fingerprint density at radius 1 is 0.306 bits per heavy atom. The highest BCUT2D eigenvalue weighted by Crippen LogP contribution is 2.17. The van der Waals surface area contributed by atoms with Gasteiger partial charge in [-0.05, 0) is 38.5 Å². The van der Waals surface area contributed by atoms with Crippen molar-refractivity contribution in [2.24, 2.45) is 0 Å². The first-order chi connectivity index (χ1) is 30.5. The Kier molecular flexibility index (Phi) is 50.2. The molecule has 6 nitrogen and oxygen atoms in total. The standard InChI is InChI=1S/C56H106O6/c1-4-7-10-13-16-19-22-24-25-26-27-28-29-30-31-32-33-35-37-40-43-46-49-55(58)61-52-53(51-60-54(57)48-45-42-39-36-21-18-15-12-9-6-3)62-56(59)50-47-44-41-38-34-23-20-17-14-11-8-5-2/h12,15,53H,4-11,13-14,16-52H2,1-3H3/b15-12-. The van der Waals surface area contributed by atoms with Crippen LogP contribution in [0.15, 0.2) is 12.2 Å². The Morgan fingerprint density at radius 2 is 0.565 bits per heavy atom. The van der Waals surface area contributed by atoms with Crippen LogP contribution in [0.2, 0.25) is 0 Å². The maximum Gasteiger partial charge on any atom is 0.306 e. The van der Waals surface area contributed by atoms with E-state index in [1.54, 1.807) is 0 Å². The van der Waals surface area contributed by atoms with Gasteiger partial charge in [0.05, 0.1) is 0 Å². The fraction of sp³-hybridized carbons (Fsp3) is 0.911. The summed E-state index contributed by atoms with van der Waals surface area (Å²) in [4.78, 5) is 37.9. The van der Waals surface area contributed by atoms with E-state index in [4.69, 9.17) is 14.2 Å². The third kappa shape index (κ3) is 49.2. The van der Waals surface area contributed by atoms with Gasteiger partial charge in [0.2, 0.25) is 0 Å². The van der Waals surface area contributed by atoms with E-state index in [0.29, 0.717) is 19.3 Å². The van der Waals surface area contributed by atoms with E-state index in [0.717, 1.165) is 70.6 Å². The lowest BCUT2D eigenvalue weighted by molar-refractivity contribution is -0.167. The number of esters is 3. The van der Waals surface area contributed by atoms with E-state index >= 15 is 0 Å². The molecule has 1 atom stereocenters. The van der Waals surface area contributed by atoms with Crippen LogP contribution in [0.25, 0.3) is 0 Å². The molecule has 62 heavy (non-hydrogen) atoms. The van der Waals surface area contributed by atoms with Crippen molar-refractivity contribution in [1.29, 1.82) is 0 Å². The highest BCUT2D eigenvalue weighted by molar-refractivity contribution is 5.71. The molecule has 366 valence electrons. The number of carbonyl (C=O) groups excluding carboxylic acids is 3. The lowest BCUT2D eigenvalue weighted by atomic mass is 10.0. The third-order valence-electron chi connectivity index (χ3n) is 12.5. The first-order valence-corrected chi connectivity index (χ1v) is 27.7. The first kappa shape index (κ1) is 60.2. The normalized spacial score (nSPS) is 12.0. The zero-order valence-corrected chi connectivity index (χ0v) is 41.9. The molecule has 0 spiro atoms. The quantitative estimate of drug-likeness (QED) is 0.0262. The van der Waals surface area contributed by atoms with Crippen molar-refractivity contribution in [1.82, 2.24) is 0 Å². The average molecular weight is 875 g/mol. The van der Waals surface area contributed by atoms with Gasteiger partial charge in [0.1, 0.15) is 13.2 Å². The van der Waals surface area contributed by atoms with Crippen LogP contribution in [0.1, 0.15) is 310 Å². The second-order valence-corrected chi connectivity index (χ2v) is 18.9. The molecule has 0 bridgehead atoms. The number of unbranched alkanes of at least 4 members (excludes halogenated alkanes) is 38. The Balaban J connectivity index is 4.17. The van der Waals surface area contributed by atoms with Gasteiger partial charge in [0, 0.05) is 19.3 Å². The maximum atomic E-state index is 12.8. The molecule has 0 aliphatic heterocycles. The summed E-state index contributed by atoms with van der Waals surface area (Å²) >= 11 is 0. The van der Waals surface area contributed by atoms with Gasteiger partial charge < -0.3 is 14.2 Å². The number of allylic oxidation sites excluding steroid dienone is 2. The highest BCUT2D eigenvalue weighted by Gasteiger charge is 2.19. The van der Waals surface area contributed by atoms with Crippen LogP contribution < -0.4 is 0 Å². The molecular weight excluding hydrogens is 769 g/mol. The summed E-state index contributed by atoms with van der Waals surface area (Å²) in [6, 6.07) is 0. The second kappa shape index (κ2) is 51.8. The van der Waals surface area contributed by atoms with Gasteiger partial charge in [-0.15, -0.1) is 0 Å². The monoisotopic (exact) mass is 875 g/mol. The van der Waals surface area contributed by atoms with Crippen LogP contribution in [0.4, 0.5) is 0 Å². The van der Waals surface area contributed by atoms with Gasteiger partial charge >= 0.3 is 17.9 Å². The summed E-state index contributed by atoms with van der Waals surface area (Å²) in [6.07, 6.45) is 57.9. The van der Waals surface area contributed by atoms with Crippen molar-refractivity contribution in [3.05, 3.63) is 12.2 Å². The topological polar surface area (TPSA) is 78.9 Å². The van der Waals surface area contributed by atoms with E-state index in [9.17, 15) is 14.4 Å². The summed E-state index contributed by atoms with van der Waals surface area (Å²) < 4.78 is 16.8. The molecular formula is C56H106O6. The summed E-state index contributed by atoms with van der Waals surface area (Å²) in [5.41, 5.74) is 0. The van der Waals surface area contributed by atoms with Gasteiger partial charge in [-0.3, -0.25) is 14.4 Å². The molecule has 0 N–H and O–H groups in total. The number of hydrogen-bond acceptors (Lipinski definition) is 6. The SMILES string of the molecule is CCC/C=C\CCCCCCCC(=O)OCC(COC(=O)CCCCCCCCCCCCCCCCCCCCCCCC)OC(=O)CCCCCCCCCCCCCC. The van der Waals surface area contributed by atoms with Crippen molar-refractivity contribution >= 4 is 17.9 Å². The van der Waals surface area contributed by atoms with Crippen LogP contribution in [-0.2, 0) is 28.6 Å². The minimum absolute atomic E-state index is 0.0672.